The summed E-state index contributed by atoms with van der Waals surface area (Å²) in [6.45, 7) is 8.17. The van der Waals surface area contributed by atoms with E-state index in [0.29, 0.717) is 5.92 Å². The highest BCUT2D eigenvalue weighted by atomic mass is 35.5. The highest BCUT2D eigenvalue weighted by Crippen LogP contribution is 2.25. The van der Waals surface area contributed by atoms with E-state index in [0.717, 1.165) is 11.4 Å². The maximum atomic E-state index is 5.98. The summed E-state index contributed by atoms with van der Waals surface area (Å²) in [5.41, 5.74) is 2.71. The molecule has 1 rings (SSSR count). The molecule has 0 radical (unpaired) electrons. The van der Waals surface area contributed by atoms with Crippen molar-refractivity contribution in [2.24, 2.45) is 0 Å². The van der Waals surface area contributed by atoms with E-state index in [2.05, 4.69) is 32.6 Å². The van der Waals surface area contributed by atoms with Crippen LogP contribution in [0.5, 0.6) is 0 Å². The van der Waals surface area contributed by atoms with Crippen LogP contribution in [0, 0.1) is 0 Å². The van der Waals surface area contributed by atoms with Gasteiger partial charge in [-0.2, -0.15) is 0 Å². The fraction of sp³-hybridized carbons (Fsp3) is 0.385. The lowest BCUT2D eigenvalue weighted by Crippen LogP contribution is -1.96. The second kappa shape index (κ2) is 5.21. The van der Waals surface area contributed by atoms with Gasteiger partial charge in [-0.3, -0.25) is 0 Å². The molecule has 0 saturated carbocycles. The van der Waals surface area contributed by atoms with E-state index < -0.39 is 0 Å². The number of allylic oxidation sites excluding steroid dienone is 1. The van der Waals surface area contributed by atoms with E-state index in [1.165, 1.54) is 17.5 Å². The summed E-state index contributed by atoms with van der Waals surface area (Å²) in [7, 11) is 0. The van der Waals surface area contributed by atoms with Crippen LogP contribution >= 0.6 is 11.6 Å². The van der Waals surface area contributed by atoms with Crippen LogP contribution in [-0.2, 0) is 6.42 Å². The van der Waals surface area contributed by atoms with Crippen molar-refractivity contribution in [2.75, 3.05) is 0 Å². The Morgan fingerprint density at radius 3 is 2.79 bits per heavy atom. The molecule has 0 saturated heterocycles. The molecule has 0 aliphatic carbocycles. The Morgan fingerprint density at radius 1 is 1.50 bits per heavy atom. The van der Waals surface area contributed by atoms with E-state index in [9.17, 15) is 0 Å². The van der Waals surface area contributed by atoms with Crippen molar-refractivity contribution < 1.29 is 0 Å². The fourth-order valence-electron chi connectivity index (χ4n) is 1.61. The van der Waals surface area contributed by atoms with Crippen LogP contribution in [0.25, 0.3) is 0 Å². The molecular formula is C13H17Cl. The van der Waals surface area contributed by atoms with Gasteiger partial charge in [0.2, 0.25) is 0 Å². The molecule has 0 spiro atoms. The summed E-state index contributed by atoms with van der Waals surface area (Å²) < 4.78 is 0. The molecule has 1 heteroatoms. The highest BCUT2D eigenvalue weighted by Gasteiger charge is 2.07. The first kappa shape index (κ1) is 11.3. The zero-order valence-electron chi connectivity index (χ0n) is 8.89. The minimum atomic E-state index is 0.384. The molecular weight excluding hydrogens is 192 g/mol. The van der Waals surface area contributed by atoms with Gasteiger partial charge >= 0.3 is 0 Å². The number of halogens is 1. The van der Waals surface area contributed by atoms with Crippen LogP contribution in [-0.4, -0.2) is 0 Å². The van der Waals surface area contributed by atoms with Gasteiger partial charge in [0.15, 0.2) is 0 Å². The Bertz CT molecular complexity index is 315. The Labute approximate surface area is 91.6 Å². The topological polar surface area (TPSA) is 0 Å². The van der Waals surface area contributed by atoms with Gasteiger partial charge in [-0.25, -0.2) is 0 Å². The van der Waals surface area contributed by atoms with E-state index in [-0.39, 0.29) is 0 Å². The average Bonchev–Trinajstić information content (AvgIpc) is 2.20. The van der Waals surface area contributed by atoms with Crippen molar-refractivity contribution in [3.63, 3.8) is 0 Å². The quantitative estimate of drug-likeness (QED) is 0.636. The van der Waals surface area contributed by atoms with Gasteiger partial charge in [0.05, 0.1) is 0 Å². The van der Waals surface area contributed by atoms with Crippen LogP contribution in [0.2, 0.25) is 5.02 Å². The number of hydrogen-bond donors (Lipinski definition) is 0. The first-order chi connectivity index (χ1) is 6.69. The molecule has 0 fully saturated rings. The molecule has 0 aliphatic heterocycles. The van der Waals surface area contributed by atoms with Gasteiger partial charge < -0.3 is 0 Å². The number of rotatable bonds is 4. The van der Waals surface area contributed by atoms with Gasteiger partial charge in [0, 0.05) is 5.02 Å². The second-order valence-electron chi connectivity index (χ2n) is 3.62. The van der Waals surface area contributed by atoms with E-state index in [1.54, 1.807) is 0 Å². The third kappa shape index (κ3) is 2.62. The molecule has 1 unspecified atom stereocenters. The minimum absolute atomic E-state index is 0.384. The van der Waals surface area contributed by atoms with Crippen LogP contribution in [0.4, 0.5) is 0 Å². The molecule has 0 amide bonds. The van der Waals surface area contributed by atoms with Gasteiger partial charge in [-0.05, 0) is 35.6 Å². The lowest BCUT2D eigenvalue weighted by atomic mass is 9.93. The molecule has 0 aromatic heterocycles. The van der Waals surface area contributed by atoms with Crippen molar-refractivity contribution in [3.05, 3.63) is 47.0 Å². The predicted molar refractivity (Wildman–Crippen MR) is 64.1 cm³/mol. The first-order valence-corrected chi connectivity index (χ1v) is 5.47. The van der Waals surface area contributed by atoms with Crippen molar-refractivity contribution in [1.82, 2.24) is 0 Å². The van der Waals surface area contributed by atoms with Crippen molar-refractivity contribution in [2.45, 2.75) is 32.6 Å². The lowest BCUT2D eigenvalue weighted by molar-refractivity contribution is 0.870. The zero-order chi connectivity index (χ0) is 10.6. The smallest absolute Gasteiger partial charge is 0.0409 e. The lowest BCUT2D eigenvalue weighted by Gasteiger charge is -2.13. The van der Waals surface area contributed by atoms with E-state index in [1.807, 2.05) is 12.1 Å². The third-order valence-corrected chi connectivity index (χ3v) is 2.71. The predicted octanol–water partition coefficient (Wildman–Crippen LogP) is 4.58. The van der Waals surface area contributed by atoms with Crippen molar-refractivity contribution in [3.8, 4) is 0 Å². The maximum Gasteiger partial charge on any atom is 0.0409 e. The SMILES string of the molecule is C=CC(C)c1cc(Cl)ccc1CCC. The Morgan fingerprint density at radius 2 is 2.21 bits per heavy atom. The van der Waals surface area contributed by atoms with Gasteiger partial charge in [-0.1, -0.05) is 44.0 Å². The van der Waals surface area contributed by atoms with Gasteiger partial charge in [-0.15, -0.1) is 6.58 Å². The Kier molecular flexibility index (Phi) is 4.21. The summed E-state index contributed by atoms with van der Waals surface area (Å²) in [6.07, 6.45) is 4.24. The van der Waals surface area contributed by atoms with Crippen LogP contribution < -0.4 is 0 Å². The molecule has 14 heavy (non-hydrogen) atoms. The standard InChI is InChI=1S/C13H17Cl/c1-4-6-11-7-8-12(14)9-13(11)10(3)5-2/h5,7-10H,2,4,6H2,1,3H3. The average molecular weight is 209 g/mol. The maximum absolute atomic E-state index is 5.98. The summed E-state index contributed by atoms with van der Waals surface area (Å²) in [4.78, 5) is 0. The van der Waals surface area contributed by atoms with Gasteiger partial charge in [0.1, 0.15) is 0 Å². The molecule has 1 atom stereocenters. The number of hydrogen-bond acceptors (Lipinski definition) is 0. The minimum Gasteiger partial charge on any atom is -0.102 e. The molecule has 0 bridgehead atoms. The molecule has 0 heterocycles. The first-order valence-electron chi connectivity index (χ1n) is 5.10. The summed E-state index contributed by atoms with van der Waals surface area (Å²) >= 11 is 5.98. The highest BCUT2D eigenvalue weighted by molar-refractivity contribution is 6.30. The molecule has 0 aliphatic rings. The Balaban J connectivity index is 3.08. The monoisotopic (exact) mass is 208 g/mol. The molecule has 0 N–H and O–H groups in total. The summed E-state index contributed by atoms with van der Waals surface area (Å²) in [6, 6.07) is 6.14. The van der Waals surface area contributed by atoms with Crippen LogP contribution in [0.1, 0.15) is 37.3 Å². The Hall–Kier alpha value is -0.750. The molecule has 1 aromatic rings. The molecule has 76 valence electrons. The van der Waals surface area contributed by atoms with Crippen molar-refractivity contribution in [1.29, 1.82) is 0 Å². The normalized spacial score (nSPS) is 12.5. The van der Waals surface area contributed by atoms with Gasteiger partial charge in [0.25, 0.3) is 0 Å². The summed E-state index contributed by atoms with van der Waals surface area (Å²) in [5, 5.41) is 0.813. The largest absolute Gasteiger partial charge is 0.102 e. The number of benzene rings is 1. The molecule has 1 aromatic carbocycles. The number of aryl methyl sites for hydroxylation is 1. The summed E-state index contributed by atoms with van der Waals surface area (Å²) in [5.74, 6) is 0.384. The molecule has 0 nitrogen and oxygen atoms in total. The fourth-order valence-corrected chi connectivity index (χ4v) is 1.79. The van der Waals surface area contributed by atoms with Crippen LogP contribution in [0.15, 0.2) is 30.9 Å². The van der Waals surface area contributed by atoms with Crippen LogP contribution in [0.3, 0.4) is 0 Å². The third-order valence-electron chi connectivity index (χ3n) is 2.47. The van der Waals surface area contributed by atoms with E-state index >= 15 is 0 Å². The van der Waals surface area contributed by atoms with E-state index in [4.69, 9.17) is 11.6 Å². The van der Waals surface area contributed by atoms with Crippen molar-refractivity contribution >= 4 is 11.6 Å². The zero-order valence-corrected chi connectivity index (χ0v) is 9.64. The second-order valence-corrected chi connectivity index (χ2v) is 4.05.